The molecule has 0 bridgehead atoms. The van der Waals surface area contributed by atoms with Gasteiger partial charge >= 0.3 is 0 Å². The molecule has 6 rings (SSSR count). The van der Waals surface area contributed by atoms with Crippen molar-refractivity contribution in [2.24, 2.45) is 0 Å². The van der Waals surface area contributed by atoms with Gasteiger partial charge in [0.15, 0.2) is 11.5 Å². The summed E-state index contributed by atoms with van der Waals surface area (Å²) in [5.41, 5.74) is 5.14. The molecule has 1 aliphatic carbocycles. The first-order valence-electron chi connectivity index (χ1n) is 11.7. The molecule has 2 aliphatic heterocycles. The van der Waals surface area contributed by atoms with Gasteiger partial charge in [-0.3, -0.25) is 9.69 Å². The van der Waals surface area contributed by atoms with Crippen LogP contribution in [0.1, 0.15) is 35.2 Å². The lowest BCUT2D eigenvalue weighted by Crippen LogP contribution is -2.47. The lowest BCUT2D eigenvalue weighted by Gasteiger charge is -2.37. The zero-order valence-electron chi connectivity index (χ0n) is 18.2. The second-order valence-electron chi connectivity index (χ2n) is 9.00. The standard InChI is InChI=1S/C25H28N4O3/c30-15-14-27-10-12-29(13-11-27)20-16-19(28-8-4-1-5-9-28)21-22-23(20)26-32-25(22)18-7-3-2-6-17(18)24(21)31/h2-3,6-7,16,30H,1,4-5,8-15H2. The molecule has 166 valence electrons. The quantitative estimate of drug-likeness (QED) is 0.531. The number of carbonyl (C=O) groups is 1. The van der Waals surface area contributed by atoms with E-state index in [1.807, 2.05) is 24.3 Å². The predicted molar refractivity (Wildman–Crippen MR) is 125 cm³/mol. The van der Waals surface area contributed by atoms with Gasteiger partial charge in [0.25, 0.3) is 0 Å². The van der Waals surface area contributed by atoms with E-state index in [0.717, 1.165) is 85.5 Å². The van der Waals surface area contributed by atoms with Gasteiger partial charge in [-0.1, -0.05) is 29.4 Å². The smallest absolute Gasteiger partial charge is 0.196 e. The van der Waals surface area contributed by atoms with Gasteiger partial charge in [0.05, 0.1) is 28.9 Å². The Bertz CT molecular complexity index is 1170. The van der Waals surface area contributed by atoms with Crippen LogP contribution in [-0.4, -0.2) is 73.4 Å². The van der Waals surface area contributed by atoms with Gasteiger partial charge in [0.1, 0.15) is 5.52 Å². The number of aliphatic hydroxyl groups is 1. The molecule has 7 heteroatoms. The van der Waals surface area contributed by atoms with Crippen LogP contribution in [0.25, 0.3) is 22.2 Å². The molecule has 3 heterocycles. The number of piperazine rings is 1. The van der Waals surface area contributed by atoms with E-state index in [4.69, 9.17) is 4.52 Å². The van der Waals surface area contributed by atoms with Gasteiger partial charge in [-0.15, -0.1) is 0 Å². The minimum absolute atomic E-state index is 0.0705. The highest BCUT2D eigenvalue weighted by molar-refractivity contribution is 6.28. The molecule has 0 spiro atoms. The second kappa shape index (κ2) is 7.90. The maximum absolute atomic E-state index is 13.7. The van der Waals surface area contributed by atoms with Crippen molar-refractivity contribution in [3.8, 4) is 11.3 Å². The monoisotopic (exact) mass is 432 g/mol. The first-order valence-corrected chi connectivity index (χ1v) is 11.7. The summed E-state index contributed by atoms with van der Waals surface area (Å²) in [6, 6.07) is 9.89. The molecular weight excluding hydrogens is 404 g/mol. The van der Waals surface area contributed by atoms with Crippen LogP contribution < -0.4 is 9.80 Å². The van der Waals surface area contributed by atoms with E-state index >= 15 is 0 Å². The number of piperidine rings is 1. The third kappa shape index (κ3) is 3.03. The third-order valence-corrected chi connectivity index (χ3v) is 7.18. The van der Waals surface area contributed by atoms with Crippen LogP contribution in [0.2, 0.25) is 0 Å². The Morgan fingerprint density at radius 1 is 0.906 bits per heavy atom. The lowest BCUT2D eigenvalue weighted by atomic mass is 9.85. The zero-order chi connectivity index (χ0) is 21.7. The Balaban J connectivity index is 1.52. The third-order valence-electron chi connectivity index (χ3n) is 7.18. The molecule has 3 aromatic rings. The average Bonchev–Trinajstić information content (AvgIpc) is 3.29. The fourth-order valence-corrected chi connectivity index (χ4v) is 5.50. The van der Waals surface area contributed by atoms with Gasteiger partial charge in [-0.2, -0.15) is 0 Å². The summed E-state index contributed by atoms with van der Waals surface area (Å²) < 4.78 is 5.91. The van der Waals surface area contributed by atoms with Crippen molar-refractivity contribution in [1.29, 1.82) is 0 Å². The molecule has 3 aliphatic rings. The summed E-state index contributed by atoms with van der Waals surface area (Å²) >= 11 is 0. The SMILES string of the molecule is O=C1c2ccccc2-c2onc3c(N4CCN(CCO)CC4)cc(N4CCCCC4)c1c23. The molecule has 0 amide bonds. The van der Waals surface area contributed by atoms with Crippen molar-refractivity contribution < 1.29 is 14.4 Å². The van der Waals surface area contributed by atoms with Crippen LogP contribution in [-0.2, 0) is 0 Å². The van der Waals surface area contributed by atoms with E-state index in [2.05, 4.69) is 25.9 Å². The lowest BCUT2D eigenvalue weighted by molar-refractivity contribution is 0.104. The van der Waals surface area contributed by atoms with Crippen LogP contribution in [0, 0.1) is 0 Å². The molecule has 1 aromatic heterocycles. The largest absolute Gasteiger partial charge is 0.395 e. The van der Waals surface area contributed by atoms with Gasteiger partial charge < -0.3 is 19.4 Å². The number of hydrogen-bond acceptors (Lipinski definition) is 7. The molecule has 1 N–H and O–H groups in total. The van der Waals surface area contributed by atoms with Gasteiger partial charge in [0, 0.05) is 56.9 Å². The first kappa shape index (κ1) is 19.8. The normalized spacial score (nSPS) is 19.0. The summed E-state index contributed by atoms with van der Waals surface area (Å²) in [5, 5.41) is 14.6. The highest BCUT2D eigenvalue weighted by atomic mass is 16.5. The molecule has 0 unspecified atom stereocenters. The van der Waals surface area contributed by atoms with Crippen molar-refractivity contribution in [2.45, 2.75) is 19.3 Å². The summed E-state index contributed by atoms with van der Waals surface area (Å²) in [5.74, 6) is 0.783. The van der Waals surface area contributed by atoms with E-state index < -0.39 is 0 Å². The second-order valence-corrected chi connectivity index (χ2v) is 9.00. The molecular formula is C25H28N4O3. The van der Waals surface area contributed by atoms with E-state index in [0.29, 0.717) is 17.9 Å². The van der Waals surface area contributed by atoms with Crippen molar-refractivity contribution in [2.75, 3.05) is 62.2 Å². The molecule has 0 saturated carbocycles. The van der Waals surface area contributed by atoms with E-state index in [1.54, 1.807) is 0 Å². The van der Waals surface area contributed by atoms with Gasteiger partial charge in [-0.05, 0) is 25.3 Å². The van der Waals surface area contributed by atoms with Crippen molar-refractivity contribution in [3.63, 3.8) is 0 Å². The maximum atomic E-state index is 13.7. The molecule has 7 nitrogen and oxygen atoms in total. The molecule has 2 saturated heterocycles. The Labute approximate surface area is 187 Å². The molecule has 2 fully saturated rings. The number of benzene rings is 2. The van der Waals surface area contributed by atoms with Gasteiger partial charge in [-0.25, -0.2) is 0 Å². The van der Waals surface area contributed by atoms with Crippen molar-refractivity contribution >= 4 is 28.1 Å². The molecule has 0 atom stereocenters. The van der Waals surface area contributed by atoms with Crippen LogP contribution in [0.5, 0.6) is 0 Å². The summed E-state index contributed by atoms with van der Waals surface area (Å²) in [6.45, 7) is 6.36. The maximum Gasteiger partial charge on any atom is 0.196 e. The Hall–Kier alpha value is -2.90. The number of β-amino-alcohol motifs (C(OH)–C–C–N with tert-alkyl or cyclic N) is 1. The van der Waals surface area contributed by atoms with E-state index in [9.17, 15) is 9.90 Å². The molecule has 2 aromatic carbocycles. The van der Waals surface area contributed by atoms with Crippen LogP contribution in [0.4, 0.5) is 11.4 Å². The van der Waals surface area contributed by atoms with E-state index in [1.165, 1.54) is 6.42 Å². The van der Waals surface area contributed by atoms with Crippen LogP contribution in [0.15, 0.2) is 34.9 Å². The number of carbonyl (C=O) groups excluding carboxylic acids is 1. The molecule has 0 radical (unpaired) electrons. The topological polar surface area (TPSA) is 73.0 Å². The average molecular weight is 433 g/mol. The number of aliphatic hydroxyl groups excluding tert-OH is 1. The number of aromatic nitrogens is 1. The first-order chi connectivity index (χ1) is 15.8. The molecule has 32 heavy (non-hydrogen) atoms. The van der Waals surface area contributed by atoms with Crippen molar-refractivity contribution in [1.82, 2.24) is 10.1 Å². The van der Waals surface area contributed by atoms with Crippen LogP contribution in [0.3, 0.4) is 0 Å². The minimum atomic E-state index is 0.0705. The summed E-state index contributed by atoms with van der Waals surface area (Å²) in [6.07, 6.45) is 3.53. The Morgan fingerprint density at radius 3 is 2.38 bits per heavy atom. The van der Waals surface area contributed by atoms with Crippen molar-refractivity contribution in [3.05, 3.63) is 41.5 Å². The Kier molecular flexibility index (Phi) is 4.88. The number of hydrogen-bond donors (Lipinski definition) is 1. The summed E-state index contributed by atoms with van der Waals surface area (Å²) in [4.78, 5) is 20.7. The number of nitrogens with zero attached hydrogens (tertiary/aromatic N) is 4. The Morgan fingerprint density at radius 2 is 1.62 bits per heavy atom. The highest BCUT2D eigenvalue weighted by Gasteiger charge is 2.35. The number of anilines is 2. The fraction of sp³-hybridized carbons (Fsp3) is 0.440. The van der Waals surface area contributed by atoms with Crippen LogP contribution >= 0.6 is 0 Å². The highest BCUT2D eigenvalue weighted by Crippen LogP contribution is 2.47. The van der Waals surface area contributed by atoms with Gasteiger partial charge in [0.2, 0.25) is 0 Å². The predicted octanol–water partition coefficient (Wildman–Crippen LogP) is 3.14. The number of rotatable bonds is 4. The number of ketones is 1. The summed E-state index contributed by atoms with van der Waals surface area (Å²) in [7, 11) is 0. The van der Waals surface area contributed by atoms with E-state index in [-0.39, 0.29) is 12.4 Å². The minimum Gasteiger partial charge on any atom is -0.395 e. The number of fused-ring (bicyclic) bond motifs is 2. The fourth-order valence-electron chi connectivity index (χ4n) is 5.50. The zero-order valence-corrected chi connectivity index (χ0v) is 18.2.